The molecule has 5 nitrogen and oxygen atoms in total. The van der Waals surface area contributed by atoms with Gasteiger partial charge in [0, 0.05) is 5.69 Å². The van der Waals surface area contributed by atoms with Gasteiger partial charge in [0.1, 0.15) is 5.75 Å². The standard InChI is InChI=1S/C20H22ClNO4/c1-13(2)15-5-7-16(8-6-15)22-19(23)11-26-20(24)12-25-18-10-14(3)4-9-17(18)21/h4-10,13H,11-12H2,1-3H3,(H,22,23). The van der Waals surface area contributed by atoms with Crippen molar-refractivity contribution in [1.29, 1.82) is 0 Å². The van der Waals surface area contributed by atoms with Gasteiger partial charge in [-0.15, -0.1) is 0 Å². The molecule has 0 aliphatic rings. The van der Waals surface area contributed by atoms with E-state index < -0.39 is 11.9 Å². The van der Waals surface area contributed by atoms with Crippen LogP contribution in [0.25, 0.3) is 0 Å². The van der Waals surface area contributed by atoms with Gasteiger partial charge in [-0.1, -0.05) is 43.6 Å². The highest BCUT2D eigenvalue weighted by molar-refractivity contribution is 6.32. The number of carbonyl (C=O) groups is 2. The second kappa shape index (κ2) is 9.25. The molecule has 0 spiro atoms. The summed E-state index contributed by atoms with van der Waals surface area (Å²) in [4.78, 5) is 23.6. The first-order valence-electron chi connectivity index (χ1n) is 8.29. The molecule has 0 radical (unpaired) electrons. The molecule has 6 heteroatoms. The number of hydrogen-bond acceptors (Lipinski definition) is 4. The molecule has 0 saturated heterocycles. The van der Waals surface area contributed by atoms with Crippen LogP contribution in [0.1, 0.15) is 30.9 Å². The fraction of sp³-hybridized carbons (Fsp3) is 0.300. The Morgan fingerprint density at radius 2 is 1.77 bits per heavy atom. The van der Waals surface area contributed by atoms with Gasteiger partial charge in [-0.2, -0.15) is 0 Å². The topological polar surface area (TPSA) is 64.6 Å². The van der Waals surface area contributed by atoms with Crippen molar-refractivity contribution in [2.24, 2.45) is 0 Å². The number of amides is 1. The van der Waals surface area contributed by atoms with E-state index in [9.17, 15) is 9.59 Å². The predicted octanol–water partition coefficient (Wildman–Crippen LogP) is 4.33. The lowest BCUT2D eigenvalue weighted by Gasteiger charge is -2.10. The molecule has 0 aromatic heterocycles. The molecule has 0 atom stereocenters. The predicted molar refractivity (Wildman–Crippen MR) is 102 cm³/mol. The maximum atomic E-state index is 11.9. The summed E-state index contributed by atoms with van der Waals surface area (Å²) >= 11 is 5.99. The summed E-state index contributed by atoms with van der Waals surface area (Å²) in [7, 11) is 0. The van der Waals surface area contributed by atoms with Crippen molar-refractivity contribution in [2.75, 3.05) is 18.5 Å². The summed E-state index contributed by atoms with van der Waals surface area (Å²) in [6.45, 7) is 5.38. The minimum Gasteiger partial charge on any atom is -0.480 e. The Labute approximate surface area is 158 Å². The van der Waals surface area contributed by atoms with Gasteiger partial charge in [0.25, 0.3) is 5.91 Å². The van der Waals surface area contributed by atoms with Gasteiger partial charge >= 0.3 is 5.97 Å². The van der Waals surface area contributed by atoms with Gasteiger partial charge in [-0.25, -0.2) is 4.79 Å². The first kappa shape index (κ1) is 19.8. The van der Waals surface area contributed by atoms with Gasteiger partial charge in [-0.3, -0.25) is 4.79 Å². The van der Waals surface area contributed by atoms with E-state index in [-0.39, 0.29) is 13.2 Å². The maximum Gasteiger partial charge on any atom is 0.344 e. The van der Waals surface area contributed by atoms with Gasteiger partial charge in [-0.05, 0) is 48.2 Å². The zero-order valence-electron chi connectivity index (χ0n) is 15.0. The van der Waals surface area contributed by atoms with Gasteiger partial charge in [0.05, 0.1) is 5.02 Å². The van der Waals surface area contributed by atoms with Gasteiger partial charge in [0.15, 0.2) is 13.2 Å². The first-order valence-corrected chi connectivity index (χ1v) is 8.67. The van der Waals surface area contributed by atoms with Gasteiger partial charge in [0.2, 0.25) is 0 Å². The molecule has 2 rings (SSSR count). The molecule has 0 saturated carbocycles. The molecule has 1 N–H and O–H groups in total. The van der Waals surface area contributed by atoms with E-state index in [0.717, 1.165) is 5.56 Å². The van der Waals surface area contributed by atoms with Crippen LogP contribution in [0.4, 0.5) is 5.69 Å². The highest BCUT2D eigenvalue weighted by atomic mass is 35.5. The molecule has 26 heavy (non-hydrogen) atoms. The van der Waals surface area contributed by atoms with Crippen molar-refractivity contribution < 1.29 is 19.1 Å². The van der Waals surface area contributed by atoms with Gasteiger partial charge < -0.3 is 14.8 Å². The molecule has 0 bridgehead atoms. The van der Waals surface area contributed by atoms with E-state index in [2.05, 4.69) is 19.2 Å². The van der Waals surface area contributed by atoms with E-state index in [1.165, 1.54) is 5.56 Å². The number of nitrogens with one attached hydrogen (secondary N) is 1. The zero-order chi connectivity index (χ0) is 19.1. The monoisotopic (exact) mass is 375 g/mol. The summed E-state index contributed by atoms with van der Waals surface area (Å²) in [5.74, 6) is -0.238. The molecule has 1 amide bonds. The number of aryl methyl sites for hydroxylation is 1. The Morgan fingerprint density at radius 3 is 2.42 bits per heavy atom. The molecule has 2 aromatic rings. The van der Waals surface area contributed by atoms with Crippen molar-refractivity contribution in [2.45, 2.75) is 26.7 Å². The van der Waals surface area contributed by atoms with E-state index >= 15 is 0 Å². The van der Waals surface area contributed by atoms with Crippen LogP contribution >= 0.6 is 11.6 Å². The Balaban J connectivity index is 1.76. The summed E-state index contributed by atoms with van der Waals surface area (Å²) in [6, 6.07) is 12.8. The van der Waals surface area contributed by atoms with E-state index in [0.29, 0.717) is 22.4 Å². The SMILES string of the molecule is Cc1ccc(Cl)c(OCC(=O)OCC(=O)Nc2ccc(C(C)C)cc2)c1. The second-order valence-corrected chi connectivity index (χ2v) is 6.62. The van der Waals surface area contributed by atoms with Crippen LogP contribution in [0, 0.1) is 6.92 Å². The van der Waals surface area contributed by atoms with Crippen LogP contribution in [0.5, 0.6) is 5.75 Å². The van der Waals surface area contributed by atoms with Crippen molar-refractivity contribution in [3.8, 4) is 5.75 Å². The average molecular weight is 376 g/mol. The lowest BCUT2D eigenvalue weighted by Crippen LogP contribution is -2.23. The molecule has 0 aliphatic heterocycles. The van der Waals surface area contributed by atoms with Crippen LogP contribution in [-0.2, 0) is 14.3 Å². The van der Waals surface area contributed by atoms with E-state index in [4.69, 9.17) is 21.1 Å². The first-order chi connectivity index (χ1) is 12.3. The molecular formula is C20H22ClNO4. The lowest BCUT2D eigenvalue weighted by atomic mass is 10.0. The highest BCUT2D eigenvalue weighted by Crippen LogP contribution is 2.25. The largest absolute Gasteiger partial charge is 0.480 e. The fourth-order valence-corrected chi connectivity index (χ4v) is 2.37. The van der Waals surface area contributed by atoms with Crippen molar-refractivity contribution in [3.05, 3.63) is 58.6 Å². The third-order valence-electron chi connectivity index (χ3n) is 3.66. The Hall–Kier alpha value is -2.53. The van der Waals surface area contributed by atoms with Crippen molar-refractivity contribution in [1.82, 2.24) is 0 Å². The molecule has 0 fully saturated rings. The summed E-state index contributed by atoms with van der Waals surface area (Å²) < 4.78 is 10.2. The lowest BCUT2D eigenvalue weighted by molar-refractivity contribution is -0.149. The fourth-order valence-electron chi connectivity index (χ4n) is 2.19. The third-order valence-corrected chi connectivity index (χ3v) is 3.97. The third kappa shape index (κ3) is 6.08. The van der Waals surface area contributed by atoms with Crippen molar-refractivity contribution in [3.63, 3.8) is 0 Å². The van der Waals surface area contributed by atoms with Crippen LogP contribution in [0.3, 0.4) is 0 Å². The molecule has 138 valence electrons. The molecular weight excluding hydrogens is 354 g/mol. The Bertz CT molecular complexity index is 772. The zero-order valence-corrected chi connectivity index (χ0v) is 15.8. The number of esters is 1. The number of anilines is 1. The number of halogens is 1. The Kier molecular flexibility index (Phi) is 7.04. The van der Waals surface area contributed by atoms with Crippen LogP contribution in [0.2, 0.25) is 5.02 Å². The maximum absolute atomic E-state index is 11.9. The molecule has 0 aliphatic carbocycles. The van der Waals surface area contributed by atoms with Crippen LogP contribution in [-0.4, -0.2) is 25.1 Å². The summed E-state index contributed by atoms with van der Waals surface area (Å²) in [5.41, 5.74) is 2.79. The quantitative estimate of drug-likeness (QED) is 0.731. The number of ether oxygens (including phenoxy) is 2. The Morgan fingerprint density at radius 1 is 1.08 bits per heavy atom. The van der Waals surface area contributed by atoms with E-state index in [1.807, 2.05) is 37.3 Å². The number of hydrogen-bond donors (Lipinski definition) is 1. The average Bonchev–Trinajstić information content (AvgIpc) is 2.61. The van der Waals surface area contributed by atoms with Crippen LogP contribution in [0.15, 0.2) is 42.5 Å². The normalized spacial score (nSPS) is 10.5. The van der Waals surface area contributed by atoms with E-state index in [1.54, 1.807) is 12.1 Å². The molecule has 2 aromatic carbocycles. The highest BCUT2D eigenvalue weighted by Gasteiger charge is 2.10. The second-order valence-electron chi connectivity index (χ2n) is 6.21. The smallest absolute Gasteiger partial charge is 0.344 e. The number of rotatable bonds is 7. The minimum absolute atomic E-state index is 0.320. The number of benzene rings is 2. The summed E-state index contributed by atoms with van der Waals surface area (Å²) in [6.07, 6.45) is 0. The minimum atomic E-state index is -0.645. The number of carbonyl (C=O) groups excluding carboxylic acids is 2. The summed E-state index contributed by atoms with van der Waals surface area (Å²) in [5, 5.41) is 3.08. The molecule has 0 heterocycles. The molecule has 0 unspecified atom stereocenters. The van der Waals surface area contributed by atoms with Crippen LogP contribution < -0.4 is 10.1 Å². The van der Waals surface area contributed by atoms with Crippen molar-refractivity contribution >= 4 is 29.2 Å².